The second-order valence-electron chi connectivity index (χ2n) is 6.83. The Hall–Kier alpha value is -2.76. The van der Waals surface area contributed by atoms with Crippen LogP contribution in [0.25, 0.3) is 11.1 Å². The van der Waals surface area contributed by atoms with Gasteiger partial charge in [-0.25, -0.2) is 26.3 Å². The van der Waals surface area contributed by atoms with Crippen molar-refractivity contribution in [3.05, 3.63) is 94.1 Å². The third-order valence-corrected chi connectivity index (χ3v) is 4.77. The second kappa shape index (κ2) is 8.72. The molecule has 3 aromatic carbocycles. The maximum absolute atomic E-state index is 14.4. The van der Waals surface area contributed by atoms with Gasteiger partial charge in [0.2, 0.25) is 0 Å². The van der Waals surface area contributed by atoms with Crippen molar-refractivity contribution in [3.63, 3.8) is 0 Å². The molecule has 0 spiro atoms. The number of hydrogen-bond acceptors (Lipinski definition) is 0. The molecule has 3 rings (SSSR count). The Labute approximate surface area is 164 Å². The molecule has 0 bridgehead atoms. The molecular formula is C23H18F6. The van der Waals surface area contributed by atoms with Gasteiger partial charge in [-0.15, -0.1) is 0 Å². The number of halogens is 6. The molecule has 0 aliphatic carbocycles. The van der Waals surface area contributed by atoms with Crippen molar-refractivity contribution in [3.8, 4) is 11.1 Å². The van der Waals surface area contributed by atoms with E-state index in [1.54, 1.807) is 6.07 Å². The summed E-state index contributed by atoms with van der Waals surface area (Å²) in [5, 5.41) is 0. The van der Waals surface area contributed by atoms with Crippen molar-refractivity contribution >= 4 is 0 Å². The number of hydrogen-bond donors (Lipinski definition) is 0. The summed E-state index contributed by atoms with van der Waals surface area (Å²) in [7, 11) is 0. The molecule has 6 heteroatoms. The van der Waals surface area contributed by atoms with E-state index in [2.05, 4.69) is 0 Å². The minimum atomic E-state index is -1.62. The molecule has 0 radical (unpaired) electrons. The average Bonchev–Trinajstić information content (AvgIpc) is 2.69. The van der Waals surface area contributed by atoms with Gasteiger partial charge in [-0.05, 0) is 59.7 Å². The van der Waals surface area contributed by atoms with Crippen LogP contribution < -0.4 is 0 Å². The van der Waals surface area contributed by atoms with Gasteiger partial charge in [-0.1, -0.05) is 37.6 Å². The normalized spacial score (nSPS) is 11.1. The highest BCUT2D eigenvalue weighted by atomic mass is 19.2. The fourth-order valence-electron chi connectivity index (χ4n) is 3.22. The predicted molar refractivity (Wildman–Crippen MR) is 99.5 cm³/mol. The molecule has 0 heterocycles. The van der Waals surface area contributed by atoms with Gasteiger partial charge in [0.25, 0.3) is 0 Å². The monoisotopic (exact) mass is 408 g/mol. The lowest BCUT2D eigenvalue weighted by atomic mass is 9.98. The first-order chi connectivity index (χ1) is 13.8. The van der Waals surface area contributed by atoms with Crippen LogP contribution in [0.2, 0.25) is 0 Å². The molecule has 0 atom stereocenters. The molecular weight excluding hydrogens is 390 g/mol. The van der Waals surface area contributed by atoms with Crippen LogP contribution in [0.15, 0.2) is 42.5 Å². The van der Waals surface area contributed by atoms with E-state index in [1.165, 1.54) is 18.2 Å². The molecule has 0 aliphatic rings. The van der Waals surface area contributed by atoms with E-state index in [4.69, 9.17) is 0 Å². The summed E-state index contributed by atoms with van der Waals surface area (Å²) < 4.78 is 82.6. The lowest BCUT2D eigenvalue weighted by Crippen LogP contribution is -2.02. The summed E-state index contributed by atoms with van der Waals surface area (Å²) in [4.78, 5) is 0. The van der Waals surface area contributed by atoms with Crippen molar-refractivity contribution in [1.29, 1.82) is 0 Å². The number of rotatable bonds is 6. The van der Waals surface area contributed by atoms with Crippen LogP contribution in [-0.2, 0) is 19.3 Å². The third-order valence-electron chi connectivity index (χ3n) is 4.77. The van der Waals surface area contributed by atoms with Crippen molar-refractivity contribution in [2.45, 2.75) is 32.6 Å². The van der Waals surface area contributed by atoms with Crippen molar-refractivity contribution < 1.29 is 26.3 Å². The standard InChI is InChI=1S/C23H18F6/c1-2-3-14-7-8-15(22(28)21(14)27)6-4-13-5-9-17(18(24)10-13)16-11-19(25)23(29)20(26)12-16/h5,7-12H,2-4,6H2,1H3. The van der Waals surface area contributed by atoms with Crippen LogP contribution >= 0.6 is 0 Å². The molecule has 0 aliphatic heterocycles. The second-order valence-corrected chi connectivity index (χ2v) is 6.83. The maximum Gasteiger partial charge on any atom is 0.194 e. The van der Waals surface area contributed by atoms with Gasteiger partial charge >= 0.3 is 0 Å². The van der Waals surface area contributed by atoms with Crippen LogP contribution in [0.4, 0.5) is 26.3 Å². The van der Waals surface area contributed by atoms with Crippen LogP contribution in [0.3, 0.4) is 0 Å². The lowest BCUT2D eigenvalue weighted by Gasteiger charge is -2.10. The molecule has 0 fully saturated rings. The Kier molecular flexibility index (Phi) is 6.30. The fraction of sp³-hybridized carbons (Fsp3) is 0.217. The summed E-state index contributed by atoms with van der Waals surface area (Å²) in [6, 6.07) is 8.51. The summed E-state index contributed by atoms with van der Waals surface area (Å²) in [5.41, 5.74) is 0.793. The SMILES string of the molecule is CCCc1ccc(CCc2ccc(-c3cc(F)c(F)c(F)c3)c(F)c2)c(F)c1F. The Morgan fingerprint density at radius 1 is 0.586 bits per heavy atom. The fourth-order valence-corrected chi connectivity index (χ4v) is 3.22. The quantitative estimate of drug-likeness (QED) is 0.307. The minimum absolute atomic E-state index is 0.0901. The highest BCUT2D eigenvalue weighted by Gasteiger charge is 2.16. The molecule has 0 unspecified atom stereocenters. The molecule has 0 N–H and O–H groups in total. The van der Waals surface area contributed by atoms with Gasteiger partial charge in [0, 0.05) is 5.56 Å². The van der Waals surface area contributed by atoms with Gasteiger partial charge < -0.3 is 0 Å². The lowest BCUT2D eigenvalue weighted by molar-refractivity contribution is 0.447. The molecule has 29 heavy (non-hydrogen) atoms. The average molecular weight is 408 g/mol. The van der Waals surface area contributed by atoms with E-state index >= 15 is 0 Å². The van der Waals surface area contributed by atoms with Crippen LogP contribution in [0, 0.1) is 34.9 Å². The van der Waals surface area contributed by atoms with Gasteiger partial charge in [0.1, 0.15) is 5.82 Å². The summed E-state index contributed by atoms with van der Waals surface area (Å²) in [6.45, 7) is 1.87. The Morgan fingerprint density at radius 3 is 1.72 bits per heavy atom. The Bertz CT molecular complexity index is 1020. The first-order valence-electron chi connectivity index (χ1n) is 9.21. The third kappa shape index (κ3) is 4.47. The molecule has 0 amide bonds. The number of benzene rings is 3. The van der Waals surface area contributed by atoms with Gasteiger partial charge in [0.15, 0.2) is 29.1 Å². The van der Waals surface area contributed by atoms with Gasteiger partial charge in [0.05, 0.1) is 0 Å². The summed E-state index contributed by atoms with van der Waals surface area (Å²) in [5.74, 6) is -6.95. The van der Waals surface area contributed by atoms with Crippen LogP contribution in [0.1, 0.15) is 30.0 Å². The van der Waals surface area contributed by atoms with E-state index in [-0.39, 0.29) is 29.5 Å². The zero-order chi connectivity index (χ0) is 21.1. The molecule has 152 valence electrons. The van der Waals surface area contributed by atoms with Crippen molar-refractivity contribution in [2.24, 2.45) is 0 Å². The highest BCUT2D eigenvalue weighted by molar-refractivity contribution is 5.64. The van der Waals surface area contributed by atoms with Crippen LogP contribution in [-0.4, -0.2) is 0 Å². The van der Waals surface area contributed by atoms with Crippen molar-refractivity contribution in [2.75, 3.05) is 0 Å². The van der Waals surface area contributed by atoms with Crippen LogP contribution in [0.5, 0.6) is 0 Å². The summed E-state index contributed by atoms with van der Waals surface area (Å²) in [6.07, 6.45) is 1.55. The van der Waals surface area contributed by atoms with E-state index in [0.29, 0.717) is 36.1 Å². The molecule has 0 aromatic heterocycles. The minimum Gasteiger partial charge on any atom is -0.206 e. The number of aryl methyl sites for hydroxylation is 3. The molecule has 0 saturated heterocycles. The molecule has 3 aromatic rings. The Balaban J connectivity index is 1.79. The van der Waals surface area contributed by atoms with E-state index in [0.717, 1.165) is 6.07 Å². The van der Waals surface area contributed by atoms with Crippen molar-refractivity contribution in [1.82, 2.24) is 0 Å². The van der Waals surface area contributed by atoms with E-state index < -0.39 is 34.9 Å². The Morgan fingerprint density at radius 2 is 1.17 bits per heavy atom. The highest BCUT2D eigenvalue weighted by Crippen LogP contribution is 2.27. The summed E-state index contributed by atoms with van der Waals surface area (Å²) >= 11 is 0. The van der Waals surface area contributed by atoms with E-state index in [1.807, 2.05) is 6.92 Å². The molecule has 0 nitrogen and oxygen atoms in total. The topological polar surface area (TPSA) is 0 Å². The smallest absolute Gasteiger partial charge is 0.194 e. The molecule has 0 saturated carbocycles. The maximum atomic E-state index is 14.4. The zero-order valence-corrected chi connectivity index (χ0v) is 15.6. The predicted octanol–water partition coefficient (Wildman–Crippen LogP) is 6.93. The van der Waals surface area contributed by atoms with E-state index in [9.17, 15) is 26.3 Å². The zero-order valence-electron chi connectivity index (χ0n) is 15.6. The largest absolute Gasteiger partial charge is 0.206 e. The first-order valence-corrected chi connectivity index (χ1v) is 9.21. The van der Waals surface area contributed by atoms with Gasteiger partial charge in [-0.3, -0.25) is 0 Å². The van der Waals surface area contributed by atoms with Gasteiger partial charge in [-0.2, -0.15) is 0 Å². The first kappa shape index (κ1) is 21.0.